The maximum atomic E-state index is 14.3. The number of halogens is 2. The van der Waals surface area contributed by atoms with E-state index in [1.165, 1.54) is 42.5 Å². The van der Waals surface area contributed by atoms with Crippen LogP contribution in [0.5, 0.6) is 0 Å². The molecule has 3 aromatic rings. The number of fused-ring (bicyclic) bond motifs is 1. The first-order chi connectivity index (χ1) is 14.0. The summed E-state index contributed by atoms with van der Waals surface area (Å²) in [6.07, 6.45) is 0. The van der Waals surface area contributed by atoms with Gasteiger partial charge in [0.1, 0.15) is 5.82 Å². The van der Waals surface area contributed by atoms with Crippen LogP contribution >= 0.6 is 11.6 Å². The van der Waals surface area contributed by atoms with E-state index in [0.29, 0.717) is 0 Å². The number of carbonyl (C=O) groups excluding carboxylic acids is 3. The Kier molecular flexibility index (Phi) is 4.86. The molecule has 0 saturated carbocycles. The van der Waals surface area contributed by atoms with Gasteiger partial charge in [-0.15, -0.1) is 0 Å². The van der Waals surface area contributed by atoms with Gasteiger partial charge < -0.3 is 0 Å². The van der Waals surface area contributed by atoms with Gasteiger partial charge in [-0.3, -0.25) is 14.4 Å². The molecule has 1 aliphatic heterocycles. The van der Waals surface area contributed by atoms with E-state index in [1.807, 2.05) is 0 Å². The molecule has 5 nitrogen and oxygen atoms in total. The van der Waals surface area contributed by atoms with Crippen molar-refractivity contribution in [2.24, 2.45) is 0 Å². The summed E-state index contributed by atoms with van der Waals surface area (Å²) in [4.78, 5) is 39.1. The van der Waals surface area contributed by atoms with Crippen LogP contribution in [0.2, 0.25) is 5.02 Å². The van der Waals surface area contributed by atoms with E-state index < -0.39 is 23.5 Å². The topological polar surface area (TPSA) is 57.7 Å². The number of imide groups is 1. The van der Waals surface area contributed by atoms with Crippen LogP contribution in [0.1, 0.15) is 36.6 Å². The molecule has 1 aliphatic rings. The Balaban J connectivity index is 1.80. The quantitative estimate of drug-likeness (QED) is 0.604. The van der Waals surface area contributed by atoms with Crippen molar-refractivity contribution in [3.05, 3.63) is 106 Å². The molecule has 7 heteroatoms. The van der Waals surface area contributed by atoms with Crippen LogP contribution < -0.4 is 0 Å². The van der Waals surface area contributed by atoms with Crippen LogP contribution in [0.4, 0.5) is 4.39 Å². The molecule has 0 N–H and O–H groups in total. The van der Waals surface area contributed by atoms with E-state index in [9.17, 15) is 18.8 Å². The van der Waals surface area contributed by atoms with Crippen molar-refractivity contribution in [1.82, 2.24) is 10.0 Å². The fourth-order valence-electron chi connectivity index (χ4n) is 3.19. The number of benzene rings is 3. The Morgan fingerprint density at radius 2 is 1.41 bits per heavy atom. The maximum absolute atomic E-state index is 14.3. The Bertz CT molecular complexity index is 1110. The molecule has 0 spiro atoms. The van der Waals surface area contributed by atoms with Crippen molar-refractivity contribution in [3.8, 4) is 0 Å². The molecule has 0 aliphatic carbocycles. The van der Waals surface area contributed by atoms with Crippen molar-refractivity contribution in [1.29, 1.82) is 0 Å². The van der Waals surface area contributed by atoms with Gasteiger partial charge in [-0.05, 0) is 30.3 Å². The van der Waals surface area contributed by atoms with Gasteiger partial charge in [0.25, 0.3) is 17.7 Å². The third-order valence-corrected chi connectivity index (χ3v) is 4.96. The minimum absolute atomic E-state index is 0.0991. The van der Waals surface area contributed by atoms with Crippen molar-refractivity contribution in [3.63, 3.8) is 0 Å². The fourth-order valence-corrected chi connectivity index (χ4v) is 3.41. The molecule has 0 fully saturated rings. The highest BCUT2D eigenvalue weighted by molar-refractivity contribution is 6.34. The molecule has 1 heterocycles. The van der Waals surface area contributed by atoms with Gasteiger partial charge in [0.15, 0.2) is 0 Å². The normalized spacial score (nSPS) is 12.8. The fraction of sp³-hybridized carbons (Fsp3) is 0.0455. The summed E-state index contributed by atoms with van der Waals surface area (Å²) in [5, 5.41) is 1.85. The minimum Gasteiger partial charge on any atom is -0.267 e. The summed E-state index contributed by atoms with van der Waals surface area (Å²) in [5.41, 5.74) is 0.623. The number of hydrazine groups is 1. The van der Waals surface area contributed by atoms with Crippen LogP contribution in [0.25, 0.3) is 0 Å². The highest BCUT2D eigenvalue weighted by atomic mass is 35.5. The predicted octanol–water partition coefficient (Wildman–Crippen LogP) is 4.33. The average molecular weight is 409 g/mol. The van der Waals surface area contributed by atoms with Gasteiger partial charge in [0.05, 0.1) is 28.3 Å². The number of hydrogen-bond acceptors (Lipinski definition) is 3. The van der Waals surface area contributed by atoms with Crippen LogP contribution in [0.15, 0.2) is 72.8 Å². The van der Waals surface area contributed by atoms with Gasteiger partial charge in [-0.25, -0.2) is 9.40 Å². The van der Waals surface area contributed by atoms with Crippen LogP contribution in [0.3, 0.4) is 0 Å². The number of hydrogen-bond donors (Lipinski definition) is 0. The Labute approximate surface area is 170 Å². The lowest BCUT2D eigenvalue weighted by Gasteiger charge is -2.30. The van der Waals surface area contributed by atoms with Gasteiger partial charge in [0, 0.05) is 5.56 Å². The lowest BCUT2D eigenvalue weighted by molar-refractivity contribution is 0.000554. The largest absolute Gasteiger partial charge is 0.280 e. The summed E-state index contributed by atoms with van der Waals surface area (Å²) in [5.74, 6) is -2.54. The predicted molar refractivity (Wildman–Crippen MR) is 105 cm³/mol. The van der Waals surface area contributed by atoms with Gasteiger partial charge in [-0.2, -0.15) is 5.01 Å². The third kappa shape index (κ3) is 3.28. The summed E-state index contributed by atoms with van der Waals surface area (Å²) in [7, 11) is 0. The third-order valence-electron chi connectivity index (χ3n) is 4.63. The maximum Gasteiger partial charge on any atom is 0.280 e. The first kappa shape index (κ1) is 18.8. The van der Waals surface area contributed by atoms with Crippen LogP contribution in [0, 0.1) is 5.82 Å². The Morgan fingerprint density at radius 3 is 2.03 bits per heavy atom. The molecule has 3 aromatic carbocycles. The number of carbonyl (C=O) groups is 3. The SMILES string of the molecule is O=C(c1ccccc1Cl)N(Cc1ccccc1F)N1C(=O)c2ccccc2C1=O. The number of rotatable bonds is 4. The molecule has 0 bridgehead atoms. The Morgan fingerprint density at radius 1 is 0.862 bits per heavy atom. The summed E-state index contributed by atoms with van der Waals surface area (Å²) in [6.45, 7) is -0.317. The van der Waals surface area contributed by atoms with Gasteiger partial charge in [0.2, 0.25) is 0 Å². The second-order valence-electron chi connectivity index (χ2n) is 6.40. The first-order valence-corrected chi connectivity index (χ1v) is 9.14. The molecule has 0 radical (unpaired) electrons. The number of amides is 3. The van der Waals surface area contributed by atoms with Gasteiger partial charge in [-0.1, -0.05) is 54.1 Å². The molecule has 3 amide bonds. The lowest BCUT2D eigenvalue weighted by atomic mass is 10.1. The molecular weight excluding hydrogens is 395 g/mol. The minimum atomic E-state index is -0.687. The van der Waals surface area contributed by atoms with Gasteiger partial charge >= 0.3 is 0 Å². The molecule has 4 rings (SSSR count). The average Bonchev–Trinajstić information content (AvgIpc) is 2.98. The highest BCUT2D eigenvalue weighted by Crippen LogP contribution is 2.28. The molecule has 144 valence electrons. The van der Waals surface area contributed by atoms with E-state index in [0.717, 1.165) is 10.0 Å². The standard InChI is InChI=1S/C22H14ClFN2O3/c23-18-11-5-4-10-17(18)20(27)25(13-14-7-1-6-12-19(14)24)26-21(28)15-8-2-3-9-16(15)22(26)29/h1-12H,13H2. The van der Waals surface area contributed by atoms with Crippen LogP contribution in [-0.4, -0.2) is 27.7 Å². The van der Waals surface area contributed by atoms with Crippen molar-refractivity contribution in [2.75, 3.05) is 0 Å². The lowest BCUT2D eigenvalue weighted by Crippen LogP contribution is -2.49. The summed E-state index contributed by atoms with van der Waals surface area (Å²) >= 11 is 6.16. The zero-order chi connectivity index (χ0) is 20.5. The number of nitrogens with zero attached hydrogens (tertiary/aromatic N) is 2. The highest BCUT2D eigenvalue weighted by Gasteiger charge is 2.41. The first-order valence-electron chi connectivity index (χ1n) is 8.76. The molecule has 0 aromatic heterocycles. The zero-order valence-electron chi connectivity index (χ0n) is 15.0. The van der Waals surface area contributed by atoms with Crippen molar-refractivity contribution >= 4 is 29.3 Å². The summed E-state index contributed by atoms with van der Waals surface area (Å²) < 4.78 is 14.3. The van der Waals surface area contributed by atoms with E-state index in [4.69, 9.17) is 11.6 Å². The van der Waals surface area contributed by atoms with E-state index in [2.05, 4.69) is 0 Å². The summed E-state index contributed by atoms with van der Waals surface area (Å²) in [6, 6.07) is 18.4. The zero-order valence-corrected chi connectivity index (χ0v) is 15.8. The monoisotopic (exact) mass is 408 g/mol. The van der Waals surface area contributed by atoms with Crippen molar-refractivity contribution < 1.29 is 18.8 Å². The van der Waals surface area contributed by atoms with Crippen molar-refractivity contribution in [2.45, 2.75) is 6.54 Å². The molecule has 0 atom stereocenters. The molecular formula is C22H14ClFN2O3. The second kappa shape index (κ2) is 7.48. The molecule has 0 saturated heterocycles. The van der Waals surface area contributed by atoms with E-state index in [-0.39, 0.29) is 33.8 Å². The van der Waals surface area contributed by atoms with Crippen LogP contribution in [-0.2, 0) is 6.54 Å². The smallest absolute Gasteiger partial charge is 0.267 e. The molecule has 0 unspecified atom stereocenters. The second-order valence-corrected chi connectivity index (χ2v) is 6.81. The van der Waals surface area contributed by atoms with E-state index >= 15 is 0 Å². The molecule has 29 heavy (non-hydrogen) atoms. The van der Waals surface area contributed by atoms with E-state index in [1.54, 1.807) is 30.3 Å². The Hall–Kier alpha value is -3.51.